The summed E-state index contributed by atoms with van der Waals surface area (Å²) in [7, 11) is 0. The van der Waals surface area contributed by atoms with Crippen molar-refractivity contribution in [3.63, 3.8) is 0 Å². The standard InChI is InChI=1S/C23H25Cl2N3O2/c24-16-3-1-14(2-4-16)9-18-12-26-20-11-17(25)10-19(22(20)30-18)23(29)27-21-13-28-7-5-15(21)6-8-28/h1-4,10-11,15,18,21,26H,5-9,12-13H2,(H,27,29). The van der Waals surface area contributed by atoms with E-state index in [-0.39, 0.29) is 18.1 Å². The Morgan fingerprint density at radius 3 is 2.60 bits per heavy atom. The molecule has 7 heteroatoms. The van der Waals surface area contributed by atoms with Crippen molar-refractivity contribution in [1.82, 2.24) is 10.2 Å². The van der Waals surface area contributed by atoms with Gasteiger partial charge >= 0.3 is 0 Å². The fourth-order valence-corrected chi connectivity index (χ4v) is 5.17. The smallest absolute Gasteiger partial charge is 0.255 e. The molecule has 4 aliphatic rings. The number of carbonyl (C=O) groups is 1. The van der Waals surface area contributed by atoms with Gasteiger partial charge in [0, 0.05) is 29.1 Å². The minimum absolute atomic E-state index is 0.0804. The van der Waals surface area contributed by atoms with Crippen LogP contribution in [0.1, 0.15) is 28.8 Å². The first-order chi connectivity index (χ1) is 14.5. The van der Waals surface area contributed by atoms with Crippen molar-refractivity contribution in [1.29, 1.82) is 0 Å². The number of benzene rings is 2. The molecular weight excluding hydrogens is 421 g/mol. The van der Waals surface area contributed by atoms with Crippen LogP contribution in [0.4, 0.5) is 5.69 Å². The number of carbonyl (C=O) groups excluding carboxylic acids is 1. The Morgan fingerprint density at radius 1 is 1.13 bits per heavy atom. The van der Waals surface area contributed by atoms with Crippen LogP contribution in [-0.4, -0.2) is 49.1 Å². The number of amides is 1. The Kier molecular flexibility index (Phi) is 5.52. The molecule has 3 saturated heterocycles. The van der Waals surface area contributed by atoms with Gasteiger partial charge in [0.15, 0.2) is 5.75 Å². The zero-order valence-electron chi connectivity index (χ0n) is 16.7. The second-order valence-corrected chi connectivity index (χ2v) is 9.37. The Hall–Kier alpha value is -1.95. The lowest BCUT2D eigenvalue weighted by Gasteiger charge is -2.45. The van der Waals surface area contributed by atoms with Crippen molar-refractivity contribution < 1.29 is 9.53 Å². The predicted molar refractivity (Wildman–Crippen MR) is 120 cm³/mol. The van der Waals surface area contributed by atoms with Crippen molar-refractivity contribution in [2.75, 3.05) is 31.5 Å². The molecule has 2 unspecified atom stereocenters. The van der Waals surface area contributed by atoms with Crippen LogP contribution in [0.15, 0.2) is 36.4 Å². The second-order valence-electron chi connectivity index (χ2n) is 8.50. The molecule has 0 aromatic heterocycles. The molecule has 2 atom stereocenters. The summed E-state index contributed by atoms with van der Waals surface area (Å²) in [4.78, 5) is 15.6. The van der Waals surface area contributed by atoms with Gasteiger partial charge in [-0.15, -0.1) is 0 Å². The molecule has 3 fully saturated rings. The Balaban J connectivity index is 1.34. The van der Waals surface area contributed by atoms with Crippen LogP contribution < -0.4 is 15.4 Å². The van der Waals surface area contributed by atoms with Crippen LogP contribution in [0, 0.1) is 5.92 Å². The van der Waals surface area contributed by atoms with Gasteiger partial charge in [0.05, 0.1) is 17.8 Å². The van der Waals surface area contributed by atoms with Gasteiger partial charge in [-0.05, 0) is 61.7 Å². The summed E-state index contributed by atoms with van der Waals surface area (Å²) in [5.74, 6) is 1.04. The molecule has 0 saturated carbocycles. The van der Waals surface area contributed by atoms with Gasteiger partial charge in [-0.2, -0.15) is 0 Å². The fraction of sp³-hybridized carbons (Fsp3) is 0.435. The predicted octanol–water partition coefficient (Wildman–Crippen LogP) is 4.23. The summed E-state index contributed by atoms with van der Waals surface area (Å²) in [5, 5.41) is 7.88. The summed E-state index contributed by atoms with van der Waals surface area (Å²) in [6.45, 7) is 3.86. The zero-order valence-corrected chi connectivity index (χ0v) is 18.2. The monoisotopic (exact) mass is 445 g/mol. The van der Waals surface area contributed by atoms with Gasteiger partial charge in [-0.1, -0.05) is 35.3 Å². The van der Waals surface area contributed by atoms with E-state index in [1.54, 1.807) is 6.07 Å². The van der Waals surface area contributed by atoms with E-state index in [9.17, 15) is 4.79 Å². The van der Waals surface area contributed by atoms with Gasteiger partial charge < -0.3 is 20.3 Å². The normalized spacial score (nSPS) is 27.0. The minimum Gasteiger partial charge on any atom is -0.485 e. The highest BCUT2D eigenvalue weighted by Crippen LogP contribution is 2.37. The maximum atomic E-state index is 13.2. The number of piperidine rings is 3. The van der Waals surface area contributed by atoms with Gasteiger partial charge in [0.2, 0.25) is 0 Å². The molecule has 2 aromatic rings. The van der Waals surface area contributed by atoms with Crippen LogP contribution >= 0.6 is 23.2 Å². The maximum Gasteiger partial charge on any atom is 0.255 e. The lowest BCUT2D eigenvalue weighted by Crippen LogP contribution is -2.57. The third kappa shape index (κ3) is 4.11. The summed E-state index contributed by atoms with van der Waals surface area (Å²) in [5.41, 5.74) is 2.41. The molecule has 4 heterocycles. The van der Waals surface area contributed by atoms with Crippen LogP contribution in [0.25, 0.3) is 0 Å². The number of ether oxygens (including phenoxy) is 1. The van der Waals surface area contributed by atoms with Crippen LogP contribution in [0.3, 0.4) is 0 Å². The Bertz CT molecular complexity index is 942. The zero-order chi connectivity index (χ0) is 20.7. The molecule has 4 aliphatic heterocycles. The number of nitrogens with zero attached hydrogens (tertiary/aromatic N) is 1. The number of rotatable bonds is 4. The maximum absolute atomic E-state index is 13.2. The minimum atomic E-state index is -0.110. The van der Waals surface area contributed by atoms with Crippen LogP contribution in [0.5, 0.6) is 5.75 Å². The van der Waals surface area contributed by atoms with Crippen molar-refractivity contribution in [3.05, 3.63) is 57.6 Å². The highest BCUT2D eigenvalue weighted by atomic mass is 35.5. The van der Waals surface area contributed by atoms with Gasteiger partial charge in [0.1, 0.15) is 6.10 Å². The Labute approximate surface area is 186 Å². The molecule has 158 valence electrons. The summed E-state index contributed by atoms with van der Waals surface area (Å²) < 4.78 is 6.30. The molecule has 1 amide bonds. The molecular formula is C23H25Cl2N3O2. The Morgan fingerprint density at radius 2 is 1.90 bits per heavy atom. The average Bonchev–Trinajstić information content (AvgIpc) is 2.76. The topological polar surface area (TPSA) is 53.6 Å². The van der Waals surface area contributed by atoms with Crippen molar-refractivity contribution in [2.24, 2.45) is 5.92 Å². The highest BCUT2D eigenvalue weighted by molar-refractivity contribution is 6.31. The first kappa shape index (κ1) is 20.0. The summed E-state index contributed by atoms with van der Waals surface area (Å²) in [6.07, 6.45) is 2.95. The molecule has 0 radical (unpaired) electrons. The summed E-state index contributed by atoms with van der Waals surface area (Å²) in [6, 6.07) is 11.5. The van der Waals surface area contributed by atoms with E-state index in [4.69, 9.17) is 27.9 Å². The quantitative estimate of drug-likeness (QED) is 0.738. The molecule has 0 spiro atoms. The van der Waals surface area contributed by atoms with E-state index >= 15 is 0 Å². The molecule has 2 aromatic carbocycles. The van der Waals surface area contributed by atoms with E-state index in [0.717, 1.165) is 50.1 Å². The van der Waals surface area contributed by atoms with E-state index < -0.39 is 0 Å². The van der Waals surface area contributed by atoms with Crippen molar-refractivity contribution in [3.8, 4) is 5.75 Å². The third-order valence-corrected chi connectivity index (χ3v) is 6.92. The fourth-order valence-electron chi connectivity index (χ4n) is 4.82. The average molecular weight is 446 g/mol. The van der Waals surface area contributed by atoms with E-state index in [1.807, 2.05) is 30.3 Å². The number of halogens is 2. The number of hydrogen-bond donors (Lipinski definition) is 2. The van der Waals surface area contributed by atoms with Gasteiger partial charge in [0.25, 0.3) is 5.91 Å². The van der Waals surface area contributed by atoms with Gasteiger partial charge in [-0.3, -0.25) is 4.79 Å². The second kappa shape index (κ2) is 8.29. The molecule has 2 bridgehead atoms. The third-order valence-electron chi connectivity index (χ3n) is 6.45. The SMILES string of the molecule is O=C(NC1CN2CCC1CC2)c1cc(Cl)cc2c1OC(Cc1ccc(Cl)cc1)CN2. The van der Waals surface area contributed by atoms with E-state index in [2.05, 4.69) is 15.5 Å². The summed E-state index contributed by atoms with van der Waals surface area (Å²) >= 11 is 12.3. The molecule has 30 heavy (non-hydrogen) atoms. The van der Waals surface area contributed by atoms with Crippen LogP contribution in [0.2, 0.25) is 10.0 Å². The molecule has 6 rings (SSSR count). The lowest BCUT2D eigenvalue weighted by atomic mass is 9.84. The van der Waals surface area contributed by atoms with Crippen molar-refractivity contribution >= 4 is 34.8 Å². The van der Waals surface area contributed by atoms with Crippen LogP contribution in [-0.2, 0) is 6.42 Å². The number of hydrogen-bond acceptors (Lipinski definition) is 4. The highest BCUT2D eigenvalue weighted by Gasteiger charge is 2.36. The first-order valence-electron chi connectivity index (χ1n) is 10.6. The molecule has 5 nitrogen and oxygen atoms in total. The largest absolute Gasteiger partial charge is 0.485 e. The van der Waals surface area contributed by atoms with Gasteiger partial charge in [-0.25, -0.2) is 0 Å². The van der Waals surface area contributed by atoms with E-state index in [1.165, 1.54) is 0 Å². The van der Waals surface area contributed by atoms with E-state index in [0.29, 0.717) is 33.8 Å². The molecule has 2 N–H and O–H groups in total. The number of nitrogens with one attached hydrogen (secondary N) is 2. The number of anilines is 1. The van der Waals surface area contributed by atoms with Crippen molar-refractivity contribution in [2.45, 2.75) is 31.4 Å². The lowest BCUT2D eigenvalue weighted by molar-refractivity contribution is 0.0617. The number of fused-ring (bicyclic) bond motifs is 4. The first-order valence-corrected chi connectivity index (χ1v) is 11.3. The molecule has 0 aliphatic carbocycles.